The second kappa shape index (κ2) is 7.38. The molecule has 2 amide bonds. The van der Waals surface area contributed by atoms with E-state index in [2.05, 4.69) is 15.6 Å². The van der Waals surface area contributed by atoms with E-state index in [1.54, 1.807) is 11.3 Å². The number of hydrogen-bond acceptors (Lipinski definition) is 5. The number of amides is 2. The van der Waals surface area contributed by atoms with Crippen LogP contribution in [0.5, 0.6) is 0 Å². The number of thiazole rings is 1. The van der Waals surface area contributed by atoms with E-state index in [0.29, 0.717) is 5.69 Å². The highest BCUT2D eigenvalue weighted by Gasteiger charge is 2.28. The average Bonchev–Trinajstić information content (AvgIpc) is 3.31. The van der Waals surface area contributed by atoms with Gasteiger partial charge in [-0.05, 0) is 24.3 Å². The monoisotopic (exact) mass is 420 g/mol. The van der Waals surface area contributed by atoms with E-state index < -0.39 is 5.25 Å². The van der Waals surface area contributed by atoms with Gasteiger partial charge >= 0.3 is 0 Å². The number of para-hydroxylation sites is 1. The van der Waals surface area contributed by atoms with Crippen LogP contribution in [-0.4, -0.2) is 26.4 Å². The van der Waals surface area contributed by atoms with Crippen molar-refractivity contribution in [1.82, 2.24) is 9.38 Å². The van der Waals surface area contributed by atoms with Crippen molar-refractivity contribution in [3.05, 3.63) is 66.3 Å². The molecule has 0 saturated heterocycles. The third-order valence-electron chi connectivity index (χ3n) is 4.64. The zero-order valence-electron chi connectivity index (χ0n) is 15.2. The number of rotatable bonds is 4. The number of fused-ring (bicyclic) bond motifs is 2. The van der Waals surface area contributed by atoms with Gasteiger partial charge in [-0.1, -0.05) is 24.3 Å². The third-order valence-corrected chi connectivity index (χ3v) is 6.68. The van der Waals surface area contributed by atoms with E-state index >= 15 is 0 Å². The second-order valence-corrected chi connectivity index (χ2v) is 8.76. The van der Waals surface area contributed by atoms with Crippen molar-refractivity contribution in [3.63, 3.8) is 0 Å². The lowest BCUT2D eigenvalue weighted by Crippen LogP contribution is -2.32. The van der Waals surface area contributed by atoms with Crippen molar-refractivity contribution in [1.29, 1.82) is 0 Å². The first-order valence-corrected chi connectivity index (χ1v) is 10.8. The summed E-state index contributed by atoms with van der Waals surface area (Å²) in [6.07, 6.45) is 4.07. The number of nitrogens with zero attached hydrogens (tertiary/aromatic N) is 2. The maximum atomic E-state index is 12.5. The third kappa shape index (κ3) is 3.64. The average molecular weight is 421 g/mol. The first kappa shape index (κ1) is 18.0. The maximum absolute atomic E-state index is 12.5. The molecular formula is C21H16N4O2S2. The lowest BCUT2D eigenvalue weighted by atomic mass is 10.1. The zero-order valence-corrected chi connectivity index (χ0v) is 16.8. The van der Waals surface area contributed by atoms with E-state index in [-0.39, 0.29) is 18.2 Å². The van der Waals surface area contributed by atoms with Gasteiger partial charge < -0.3 is 10.6 Å². The van der Waals surface area contributed by atoms with Crippen LogP contribution in [0, 0.1) is 0 Å². The highest BCUT2D eigenvalue weighted by molar-refractivity contribution is 8.01. The molecule has 0 aliphatic carbocycles. The molecule has 0 bridgehead atoms. The fourth-order valence-electron chi connectivity index (χ4n) is 3.20. The molecule has 1 aliphatic rings. The smallest absolute Gasteiger partial charge is 0.238 e. The summed E-state index contributed by atoms with van der Waals surface area (Å²) in [7, 11) is 0. The first-order chi connectivity index (χ1) is 14.2. The number of nitrogens with one attached hydrogen (secondary N) is 2. The molecule has 2 aromatic heterocycles. The molecule has 8 heteroatoms. The van der Waals surface area contributed by atoms with Crippen molar-refractivity contribution < 1.29 is 9.59 Å². The first-order valence-electron chi connectivity index (χ1n) is 9.05. The molecule has 29 heavy (non-hydrogen) atoms. The molecule has 5 rings (SSSR count). The van der Waals surface area contributed by atoms with Crippen LogP contribution in [0.3, 0.4) is 0 Å². The van der Waals surface area contributed by atoms with Gasteiger partial charge in [0.05, 0.1) is 16.6 Å². The number of imidazole rings is 1. The van der Waals surface area contributed by atoms with Crippen molar-refractivity contribution >= 4 is 51.2 Å². The molecule has 6 nitrogen and oxygen atoms in total. The summed E-state index contributed by atoms with van der Waals surface area (Å²) in [5.74, 6) is -0.328. The van der Waals surface area contributed by atoms with Crippen LogP contribution >= 0.6 is 23.1 Å². The van der Waals surface area contributed by atoms with E-state index in [9.17, 15) is 9.59 Å². The SMILES string of the molecule is O=C(CC1Sc2ccccc2NC1=O)Nc1ccc(-c2cn3ccsc3n2)cc1. The van der Waals surface area contributed by atoms with Crippen LogP contribution in [0.25, 0.3) is 16.2 Å². The molecule has 144 valence electrons. The van der Waals surface area contributed by atoms with Crippen molar-refractivity contribution in [2.24, 2.45) is 0 Å². The number of hydrogen-bond donors (Lipinski definition) is 2. The van der Waals surface area contributed by atoms with Gasteiger partial charge in [0.2, 0.25) is 11.8 Å². The van der Waals surface area contributed by atoms with Gasteiger partial charge in [-0.2, -0.15) is 0 Å². The Kier molecular flexibility index (Phi) is 4.57. The van der Waals surface area contributed by atoms with Gasteiger partial charge in [-0.15, -0.1) is 23.1 Å². The molecule has 0 radical (unpaired) electrons. The lowest BCUT2D eigenvalue weighted by molar-refractivity contribution is -0.120. The van der Waals surface area contributed by atoms with Gasteiger partial charge in [0.15, 0.2) is 4.96 Å². The Balaban J connectivity index is 1.24. The predicted octanol–water partition coefficient (Wildman–Crippen LogP) is 4.50. The number of aromatic nitrogens is 2. The summed E-state index contributed by atoms with van der Waals surface area (Å²) in [4.78, 5) is 31.2. The van der Waals surface area contributed by atoms with Crippen molar-refractivity contribution in [2.75, 3.05) is 10.6 Å². The molecule has 0 spiro atoms. The Hall–Kier alpha value is -3.10. The van der Waals surface area contributed by atoms with Crippen LogP contribution in [-0.2, 0) is 9.59 Å². The minimum absolute atomic E-state index is 0.115. The molecule has 1 atom stereocenters. The highest BCUT2D eigenvalue weighted by Crippen LogP contribution is 2.36. The summed E-state index contributed by atoms with van der Waals surface area (Å²) in [6, 6.07) is 15.2. The molecule has 0 saturated carbocycles. The number of carbonyl (C=O) groups is 2. The fourth-order valence-corrected chi connectivity index (χ4v) is 5.01. The minimum atomic E-state index is -0.442. The van der Waals surface area contributed by atoms with Gasteiger partial charge in [-0.3, -0.25) is 14.0 Å². The van der Waals surface area contributed by atoms with Gasteiger partial charge in [0, 0.05) is 40.3 Å². The standard InChI is InChI=1S/C21H16N4O2S2/c26-19(11-18-20(27)23-15-3-1-2-4-17(15)29-18)22-14-7-5-13(6-8-14)16-12-25-9-10-28-21(25)24-16/h1-10,12,18H,11H2,(H,22,26)(H,23,27). The topological polar surface area (TPSA) is 75.5 Å². The van der Waals surface area contributed by atoms with Gasteiger partial charge in [-0.25, -0.2) is 4.98 Å². The molecule has 2 aromatic carbocycles. The Morgan fingerprint density at radius 3 is 2.83 bits per heavy atom. The summed E-state index contributed by atoms with van der Waals surface area (Å²) >= 11 is 3.01. The van der Waals surface area contributed by atoms with E-state index in [4.69, 9.17) is 0 Å². The van der Waals surface area contributed by atoms with E-state index in [1.807, 2.05) is 70.7 Å². The lowest BCUT2D eigenvalue weighted by Gasteiger charge is -2.23. The molecular weight excluding hydrogens is 404 g/mol. The van der Waals surface area contributed by atoms with Crippen LogP contribution in [0.1, 0.15) is 6.42 Å². The van der Waals surface area contributed by atoms with Crippen LogP contribution in [0.2, 0.25) is 0 Å². The maximum Gasteiger partial charge on any atom is 0.238 e. The fraction of sp³-hybridized carbons (Fsp3) is 0.0952. The second-order valence-electron chi connectivity index (χ2n) is 6.64. The summed E-state index contributed by atoms with van der Waals surface area (Å²) in [5, 5.41) is 7.30. The van der Waals surface area contributed by atoms with Crippen LogP contribution in [0.15, 0.2) is 71.2 Å². The van der Waals surface area contributed by atoms with Gasteiger partial charge in [0.25, 0.3) is 0 Å². The van der Waals surface area contributed by atoms with Gasteiger partial charge in [0.1, 0.15) is 0 Å². The molecule has 0 fully saturated rings. The predicted molar refractivity (Wildman–Crippen MR) is 116 cm³/mol. The quantitative estimate of drug-likeness (QED) is 0.510. The van der Waals surface area contributed by atoms with E-state index in [1.165, 1.54) is 11.8 Å². The molecule has 2 N–H and O–H groups in total. The number of benzene rings is 2. The Bertz CT molecular complexity index is 1180. The minimum Gasteiger partial charge on any atom is -0.326 e. The normalized spacial score (nSPS) is 15.7. The van der Waals surface area contributed by atoms with Crippen LogP contribution in [0.4, 0.5) is 11.4 Å². The number of anilines is 2. The van der Waals surface area contributed by atoms with E-state index in [0.717, 1.165) is 26.8 Å². The molecule has 1 aliphatic heterocycles. The summed E-state index contributed by atoms with van der Waals surface area (Å²) in [6.45, 7) is 0. The zero-order chi connectivity index (χ0) is 19.8. The Labute approximate surface area is 175 Å². The Morgan fingerprint density at radius 1 is 1.17 bits per heavy atom. The molecule has 3 heterocycles. The summed E-state index contributed by atoms with van der Waals surface area (Å²) < 4.78 is 1.99. The van der Waals surface area contributed by atoms with Crippen molar-refractivity contribution in [3.8, 4) is 11.3 Å². The molecule has 1 unspecified atom stereocenters. The Morgan fingerprint density at radius 2 is 2.00 bits per heavy atom. The van der Waals surface area contributed by atoms with Crippen molar-refractivity contribution in [2.45, 2.75) is 16.6 Å². The van der Waals surface area contributed by atoms with Crippen LogP contribution < -0.4 is 10.6 Å². The number of carbonyl (C=O) groups excluding carboxylic acids is 2. The molecule has 4 aromatic rings. The number of thioether (sulfide) groups is 1. The highest BCUT2D eigenvalue weighted by atomic mass is 32.2. The largest absolute Gasteiger partial charge is 0.326 e. The summed E-state index contributed by atoms with van der Waals surface area (Å²) in [5.41, 5.74) is 3.37.